The third kappa shape index (κ3) is 5.79. The van der Waals surface area contributed by atoms with Gasteiger partial charge in [-0.3, -0.25) is 4.90 Å². The number of hydrogen-bond donors (Lipinski definition) is 1. The molecule has 1 N–H and O–H groups in total. The van der Waals surface area contributed by atoms with Gasteiger partial charge >= 0.3 is 0 Å². The molecule has 1 fully saturated rings. The predicted octanol–water partition coefficient (Wildman–Crippen LogP) is 3.28. The van der Waals surface area contributed by atoms with E-state index in [0.717, 1.165) is 32.5 Å². The molecule has 2 aromatic rings. The van der Waals surface area contributed by atoms with E-state index in [-0.39, 0.29) is 4.90 Å². The van der Waals surface area contributed by atoms with Crippen LogP contribution in [-0.2, 0) is 16.6 Å². The normalized spacial score (nSPS) is 16.3. The lowest BCUT2D eigenvalue weighted by molar-refractivity contribution is 0.178. The van der Waals surface area contributed by atoms with Gasteiger partial charge in [0.2, 0.25) is 10.0 Å². The van der Waals surface area contributed by atoms with E-state index in [2.05, 4.69) is 33.9 Å². The molecule has 2 aromatic carbocycles. The van der Waals surface area contributed by atoms with E-state index in [4.69, 9.17) is 4.74 Å². The first kappa shape index (κ1) is 19.9. The molecule has 1 aliphatic rings. The van der Waals surface area contributed by atoms with Crippen molar-refractivity contribution in [2.75, 3.05) is 26.2 Å². The fourth-order valence-corrected chi connectivity index (χ4v) is 4.50. The van der Waals surface area contributed by atoms with Crippen molar-refractivity contribution in [3.05, 3.63) is 60.2 Å². The zero-order chi connectivity index (χ0) is 19.1. The summed E-state index contributed by atoms with van der Waals surface area (Å²) in [6, 6.07) is 17.0. The lowest BCUT2D eigenvalue weighted by Gasteiger charge is -2.32. The van der Waals surface area contributed by atoms with Crippen molar-refractivity contribution in [2.45, 2.75) is 31.2 Å². The Kier molecular flexibility index (Phi) is 6.88. The summed E-state index contributed by atoms with van der Waals surface area (Å²) in [5.74, 6) is 1.07. The van der Waals surface area contributed by atoms with Crippen LogP contribution in [0.5, 0.6) is 5.75 Å². The molecule has 3 rings (SSSR count). The van der Waals surface area contributed by atoms with Crippen LogP contribution in [-0.4, -0.2) is 39.6 Å². The monoisotopic (exact) mass is 388 g/mol. The van der Waals surface area contributed by atoms with E-state index < -0.39 is 10.0 Å². The number of nitrogens with zero attached hydrogens (tertiary/aromatic N) is 1. The number of nitrogens with one attached hydrogen (secondary N) is 1. The molecule has 0 bridgehead atoms. The summed E-state index contributed by atoms with van der Waals surface area (Å²) >= 11 is 0. The molecule has 27 heavy (non-hydrogen) atoms. The van der Waals surface area contributed by atoms with Gasteiger partial charge in [0.05, 0.1) is 11.5 Å². The Bertz CT molecular complexity index is 799. The molecule has 1 aliphatic heterocycles. The van der Waals surface area contributed by atoms with Crippen LogP contribution >= 0.6 is 0 Å². The Morgan fingerprint density at radius 3 is 2.33 bits per heavy atom. The fraction of sp³-hybridized carbons (Fsp3) is 0.429. The summed E-state index contributed by atoms with van der Waals surface area (Å²) in [7, 11) is -3.47. The molecule has 1 heterocycles. The highest BCUT2D eigenvalue weighted by Crippen LogP contribution is 2.20. The van der Waals surface area contributed by atoms with Crippen molar-refractivity contribution < 1.29 is 13.2 Å². The Hall–Kier alpha value is -1.89. The summed E-state index contributed by atoms with van der Waals surface area (Å²) in [5.41, 5.74) is 1.33. The minimum atomic E-state index is -3.47. The van der Waals surface area contributed by atoms with Crippen LogP contribution in [0.3, 0.4) is 0 Å². The Morgan fingerprint density at radius 1 is 1.04 bits per heavy atom. The minimum absolute atomic E-state index is 0.285. The van der Waals surface area contributed by atoms with Crippen molar-refractivity contribution >= 4 is 10.0 Å². The topological polar surface area (TPSA) is 58.6 Å². The number of sulfonamides is 1. The summed E-state index contributed by atoms with van der Waals surface area (Å²) in [6.07, 6.45) is 2.03. The smallest absolute Gasteiger partial charge is 0.240 e. The number of benzene rings is 2. The van der Waals surface area contributed by atoms with Gasteiger partial charge in [0, 0.05) is 13.1 Å². The third-order valence-corrected chi connectivity index (χ3v) is 6.40. The molecule has 1 saturated heterocycles. The first-order chi connectivity index (χ1) is 13.1. The minimum Gasteiger partial charge on any atom is -0.494 e. The molecular formula is C21H28N2O3S. The van der Waals surface area contributed by atoms with Gasteiger partial charge in [-0.15, -0.1) is 0 Å². The third-order valence-electron chi connectivity index (χ3n) is 4.96. The summed E-state index contributed by atoms with van der Waals surface area (Å²) in [6.45, 7) is 5.93. The van der Waals surface area contributed by atoms with Gasteiger partial charge in [-0.2, -0.15) is 0 Å². The second-order valence-corrected chi connectivity index (χ2v) is 8.73. The van der Waals surface area contributed by atoms with Crippen LogP contribution in [0.4, 0.5) is 0 Å². The molecule has 0 saturated carbocycles. The average Bonchev–Trinajstić information content (AvgIpc) is 2.69. The number of ether oxygens (including phenoxy) is 1. The second kappa shape index (κ2) is 9.35. The first-order valence-electron chi connectivity index (χ1n) is 9.55. The molecule has 0 amide bonds. The van der Waals surface area contributed by atoms with Gasteiger partial charge in [0.25, 0.3) is 0 Å². The Labute approximate surface area is 162 Å². The maximum absolute atomic E-state index is 12.5. The van der Waals surface area contributed by atoms with E-state index in [9.17, 15) is 8.42 Å². The van der Waals surface area contributed by atoms with E-state index in [1.54, 1.807) is 24.3 Å². The molecule has 0 atom stereocenters. The van der Waals surface area contributed by atoms with Crippen molar-refractivity contribution in [1.29, 1.82) is 0 Å². The van der Waals surface area contributed by atoms with Crippen LogP contribution in [0.1, 0.15) is 25.3 Å². The van der Waals surface area contributed by atoms with Crippen LogP contribution in [0, 0.1) is 5.92 Å². The maximum Gasteiger partial charge on any atom is 0.240 e. The summed E-state index contributed by atoms with van der Waals surface area (Å²) < 4.78 is 33.1. The summed E-state index contributed by atoms with van der Waals surface area (Å²) in [5, 5.41) is 0. The van der Waals surface area contributed by atoms with E-state index >= 15 is 0 Å². The van der Waals surface area contributed by atoms with Crippen LogP contribution < -0.4 is 9.46 Å². The number of hydrogen-bond acceptors (Lipinski definition) is 4. The Balaban J connectivity index is 1.46. The maximum atomic E-state index is 12.5. The van der Waals surface area contributed by atoms with Gasteiger partial charge in [0.1, 0.15) is 5.75 Å². The van der Waals surface area contributed by atoms with Gasteiger partial charge < -0.3 is 4.74 Å². The number of rotatable bonds is 8. The first-order valence-corrected chi connectivity index (χ1v) is 11.0. The van der Waals surface area contributed by atoms with Crippen molar-refractivity contribution in [1.82, 2.24) is 9.62 Å². The zero-order valence-electron chi connectivity index (χ0n) is 15.8. The highest BCUT2D eigenvalue weighted by atomic mass is 32.2. The van der Waals surface area contributed by atoms with E-state index in [1.807, 2.05) is 13.0 Å². The van der Waals surface area contributed by atoms with E-state index in [0.29, 0.717) is 24.8 Å². The van der Waals surface area contributed by atoms with Gasteiger partial charge in [0.15, 0.2) is 0 Å². The fourth-order valence-electron chi connectivity index (χ4n) is 3.38. The van der Waals surface area contributed by atoms with E-state index in [1.165, 1.54) is 5.56 Å². The van der Waals surface area contributed by atoms with Gasteiger partial charge in [-0.25, -0.2) is 13.1 Å². The van der Waals surface area contributed by atoms with Crippen LogP contribution in [0.15, 0.2) is 59.5 Å². The standard InChI is InChI=1S/C21H28N2O3S/c1-2-26-20-8-10-21(11-9-20)27(24,25)22-16-18-12-14-23(15-13-18)17-19-6-4-3-5-7-19/h3-11,18,22H,2,12-17H2,1H3. The van der Waals surface area contributed by atoms with Crippen molar-refractivity contribution in [3.8, 4) is 5.75 Å². The highest BCUT2D eigenvalue weighted by Gasteiger charge is 2.22. The SMILES string of the molecule is CCOc1ccc(S(=O)(=O)NCC2CCN(Cc3ccccc3)CC2)cc1. The second-order valence-electron chi connectivity index (χ2n) is 6.96. The van der Waals surface area contributed by atoms with Gasteiger partial charge in [-0.05, 0) is 68.6 Å². The molecule has 146 valence electrons. The number of piperidine rings is 1. The predicted molar refractivity (Wildman–Crippen MR) is 107 cm³/mol. The molecule has 6 heteroatoms. The molecule has 0 radical (unpaired) electrons. The van der Waals surface area contributed by atoms with Crippen LogP contribution in [0.25, 0.3) is 0 Å². The summed E-state index contributed by atoms with van der Waals surface area (Å²) in [4.78, 5) is 2.72. The van der Waals surface area contributed by atoms with Crippen molar-refractivity contribution in [3.63, 3.8) is 0 Å². The molecule has 0 aromatic heterocycles. The Morgan fingerprint density at radius 2 is 1.70 bits per heavy atom. The largest absolute Gasteiger partial charge is 0.494 e. The average molecular weight is 389 g/mol. The number of likely N-dealkylation sites (tertiary alicyclic amines) is 1. The lowest BCUT2D eigenvalue weighted by atomic mass is 9.97. The molecule has 0 unspecified atom stereocenters. The molecular weight excluding hydrogens is 360 g/mol. The van der Waals surface area contributed by atoms with Crippen LogP contribution in [0.2, 0.25) is 0 Å². The molecule has 0 spiro atoms. The molecule has 0 aliphatic carbocycles. The quantitative estimate of drug-likeness (QED) is 0.754. The zero-order valence-corrected chi connectivity index (χ0v) is 16.6. The van der Waals surface area contributed by atoms with Crippen molar-refractivity contribution in [2.24, 2.45) is 5.92 Å². The molecule has 5 nitrogen and oxygen atoms in total. The van der Waals surface area contributed by atoms with Gasteiger partial charge in [-0.1, -0.05) is 30.3 Å². The lowest BCUT2D eigenvalue weighted by Crippen LogP contribution is -2.38. The highest BCUT2D eigenvalue weighted by molar-refractivity contribution is 7.89.